The molecule has 0 fully saturated rings. The van der Waals surface area contributed by atoms with Gasteiger partial charge in [0.1, 0.15) is 6.29 Å². The number of hydrogen-bond donors (Lipinski definition) is 0. The van der Waals surface area contributed by atoms with Crippen LogP contribution in [0, 0.1) is 0 Å². The molecule has 0 aliphatic heterocycles. The van der Waals surface area contributed by atoms with E-state index in [1.54, 1.807) is 11.3 Å². The summed E-state index contributed by atoms with van der Waals surface area (Å²) in [6.07, 6.45) is 1.47. The number of thiophene rings is 1. The molecule has 0 radical (unpaired) electrons. The van der Waals surface area contributed by atoms with Gasteiger partial charge >= 0.3 is 0 Å². The lowest BCUT2D eigenvalue weighted by molar-refractivity contribution is -0.107. The second kappa shape index (κ2) is 3.07. The van der Waals surface area contributed by atoms with E-state index in [0.717, 1.165) is 11.8 Å². The molecule has 0 saturated carbocycles. The number of carbonyl (C=O) groups is 1. The van der Waals surface area contributed by atoms with Gasteiger partial charge in [0, 0.05) is 11.1 Å². The normalized spacial score (nSPS) is 10.3. The van der Waals surface area contributed by atoms with E-state index in [2.05, 4.69) is 17.5 Å². The molecule has 0 aliphatic carbocycles. The molecule has 0 amide bonds. The standard InChI is InChI=1S/C10H8OS/c11-6-4-8-2-1-3-10-9(8)5-7-12-10/h1-3,5-7H,4H2. The van der Waals surface area contributed by atoms with Gasteiger partial charge in [0.05, 0.1) is 0 Å². The maximum Gasteiger partial charge on any atom is 0.124 e. The number of hydrogen-bond acceptors (Lipinski definition) is 2. The third-order valence-electron chi connectivity index (χ3n) is 1.89. The van der Waals surface area contributed by atoms with Gasteiger partial charge in [0.2, 0.25) is 0 Å². The summed E-state index contributed by atoms with van der Waals surface area (Å²) in [6.45, 7) is 0. The summed E-state index contributed by atoms with van der Waals surface area (Å²) >= 11 is 1.71. The largest absolute Gasteiger partial charge is 0.303 e. The summed E-state index contributed by atoms with van der Waals surface area (Å²) in [7, 11) is 0. The molecule has 0 bridgehead atoms. The van der Waals surface area contributed by atoms with E-state index in [0.29, 0.717) is 6.42 Å². The van der Waals surface area contributed by atoms with Crippen molar-refractivity contribution in [1.82, 2.24) is 0 Å². The molecule has 0 saturated heterocycles. The molecule has 1 heterocycles. The fourth-order valence-electron chi connectivity index (χ4n) is 1.32. The van der Waals surface area contributed by atoms with Crippen molar-refractivity contribution in [3.8, 4) is 0 Å². The Labute approximate surface area is 74.6 Å². The van der Waals surface area contributed by atoms with Gasteiger partial charge in [-0.15, -0.1) is 11.3 Å². The number of fused-ring (bicyclic) bond motifs is 1. The lowest BCUT2D eigenvalue weighted by Crippen LogP contribution is -1.84. The Kier molecular flexibility index (Phi) is 1.92. The Morgan fingerprint density at radius 2 is 2.25 bits per heavy atom. The molecule has 0 atom stereocenters. The highest BCUT2D eigenvalue weighted by molar-refractivity contribution is 7.17. The molecule has 0 N–H and O–H groups in total. The van der Waals surface area contributed by atoms with Crippen molar-refractivity contribution in [3.05, 3.63) is 35.2 Å². The molecular formula is C10H8OS. The Balaban J connectivity index is 2.65. The van der Waals surface area contributed by atoms with Gasteiger partial charge in [0.15, 0.2) is 0 Å². The van der Waals surface area contributed by atoms with Crippen LogP contribution in [0.3, 0.4) is 0 Å². The van der Waals surface area contributed by atoms with Gasteiger partial charge in [0.25, 0.3) is 0 Å². The van der Waals surface area contributed by atoms with E-state index in [4.69, 9.17) is 0 Å². The highest BCUT2D eigenvalue weighted by Gasteiger charge is 1.99. The fraction of sp³-hybridized carbons (Fsp3) is 0.100. The number of benzene rings is 1. The molecule has 2 heteroatoms. The van der Waals surface area contributed by atoms with E-state index >= 15 is 0 Å². The van der Waals surface area contributed by atoms with Crippen LogP contribution in [0.25, 0.3) is 10.1 Å². The Hall–Kier alpha value is -1.15. The van der Waals surface area contributed by atoms with Crippen LogP contribution in [-0.2, 0) is 11.2 Å². The van der Waals surface area contributed by atoms with Crippen LogP contribution >= 0.6 is 11.3 Å². The Morgan fingerprint density at radius 3 is 3.08 bits per heavy atom. The first kappa shape index (κ1) is 7.50. The summed E-state index contributed by atoms with van der Waals surface area (Å²) in [5, 5.41) is 3.27. The van der Waals surface area contributed by atoms with E-state index in [-0.39, 0.29) is 0 Å². The van der Waals surface area contributed by atoms with Crippen LogP contribution in [-0.4, -0.2) is 6.29 Å². The molecule has 60 valence electrons. The van der Waals surface area contributed by atoms with Gasteiger partial charge in [-0.2, -0.15) is 0 Å². The molecule has 2 aromatic rings. The van der Waals surface area contributed by atoms with Gasteiger partial charge in [-0.3, -0.25) is 0 Å². The molecule has 12 heavy (non-hydrogen) atoms. The average molecular weight is 176 g/mol. The predicted molar refractivity (Wildman–Crippen MR) is 51.6 cm³/mol. The van der Waals surface area contributed by atoms with Gasteiger partial charge in [-0.1, -0.05) is 12.1 Å². The van der Waals surface area contributed by atoms with Crippen molar-refractivity contribution in [3.63, 3.8) is 0 Å². The van der Waals surface area contributed by atoms with Crippen molar-refractivity contribution in [1.29, 1.82) is 0 Å². The number of rotatable bonds is 2. The van der Waals surface area contributed by atoms with Gasteiger partial charge in [-0.05, 0) is 28.5 Å². The monoisotopic (exact) mass is 176 g/mol. The molecule has 1 aromatic heterocycles. The number of carbonyl (C=O) groups excluding carboxylic acids is 1. The Bertz CT molecular complexity index is 403. The smallest absolute Gasteiger partial charge is 0.124 e. The van der Waals surface area contributed by atoms with Crippen molar-refractivity contribution < 1.29 is 4.79 Å². The van der Waals surface area contributed by atoms with E-state index in [1.165, 1.54) is 10.1 Å². The molecular weight excluding hydrogens is 168 g/mol. The van der Waals surface area contributed by atoms with Crippen molar-refractivity contribution in [2.24, 2.45) is 0 Å². The maximum atomic E-state index is 10.3. The second-order valence-electron chi connectivity index (χ2n) is 2.62. The third-order valence-corrected chi connectivity index (χ3v) is 2.77. The zero-order valence-corrected chi connectivity index (χ0v) is 7.30. The summed E-state index contributed by atoms with van der Waals surface area (Å²) in [5.41, 5.74) is 1.13. The summed E-state index contributed by atoms with van der Waals surface area (Å²) < 4.78 is 1.26. The lowest BCUT2D eigenvalue weighted by atomic mass is 10.1. The highest BCUT2D eigenvalue weighted by atomic mass is 32.1. The molecule has 0 unspecified atom stereocenters. The quantitative estimate of drug-likeness (QED) is 0.643. The first-order valence-electron chi connectivity index (χ1n) is 3.80. The minimum Gasteiger partial charge on any atom is -0.303 e. The summed E-state index contributed by atoms with van der Waals surface area (Å²) in [6, 6.07) is 8.15. The topological polar surface area (TPSA) is 17.1 Å². The summed E-state index contributed by atoms with van der Waals surface area (Å²) in [5.74, 6) is 0. The van der Waals surface area contributed by atoms with Gasteiger partial charge in [-0.25, -0.2) is 0 Å². The average Bonchev–Trinajstić information content (AvgIpc) is 2.53. The molecule has 1 nitrogen and oxygen atoms in total. The summed E-state index contributed by atoms with van der Waals surface area (Å²) in [4.78, 5) is 10.3. The zero-order valence-electron chi connectivity index (χ0n) is 6.49. The second-order valence-corrected chi connectivity index (χ2v) is 3.57. The molecule has 1 aromatic carbocycles. The molecule has 0 aliphatic rings. The minimum absolute atomic E-state index is 0.522. The molecule has 2 rings (SSSR count). The van der Waals surface area contributed by atoms with E-state index < -0.39 is 0 Å². The van der Waals surface area contributed by atoms with Crippen LogP contribution in [0.5, 0.6) is 0 Å². The maximum absolute atomic E-state index is 10.3. The first-order valence-corrected chi connectivity index (χ1v) is 4.68. The Morgan fingerprint density at radius 1 is 1.33 bits per heavy atom. The van der Waals surface area contributed by atoms with Crippen LogP contribution < -0.4 is 0 Å². The fourth-order valence-corrected chi connectivity index (χ4v) is 2.16. The highest BCUT2D eigenvalue weighted by Crippen LogP contribution is 2.23. The SMILES string of the molecule is O=CCc1cccc2sccc12. The van der Waals surface area contributed by atoms with Crippen LogP contribution in [0.1, 0.15) is 5.56 Å². The predicted octanol–water partition coefficient (Wildman–Crippen LogP) is 2.64. The third kappa shape index (κ3) is 1.14. The van der Waals surface area contributed by atoms with E-state index in [9.17, 15) is 4.79 Å². The van der Waals surface area contributed by atoms with Crippen molar-refractivity contribution in [2.45, 2.75) is 6.42 Å². The van der Waals surface area contributed by atoms with Crippen LogP contribution in [0.15, 0.2) is 29.6 Å². The lowest BCUT2D eigenvalue weighted by Gasteiger charge is -1.96. The van der Waals surface area contributed by atoms with E-state index in [1.807, 2.05) is 12.1 Å². The van der Waals surface area contributed by atoms with Gasteiger partial charge < -0.3 is 4.79 Å². The first-order chi connectivity index (χ1) is 5.92. The van der Waals surface area contributed by atoms with Crippen molar-refractivity contribution >= 4 is 27.7 Å². The number of aldehydes is 1. The zero-order chi connectivity index (χ0) is 8.39. The van der Waals surface area contributed by atoms with Crippen molar-refractivity contribution in [2.75, 3.05) is 0 Å². The van der Waals surface area contributed by atoms with Crippen LogP contribution in [0.2, 0.25) is 0 Å². The minimum atomic E-state index is 0.522. The van der Waals surface area contributed by atoms with Crippen LogP contribution in [0.4, 0.5) is 0 Å². The molecule has 0 spiro atoms.